The molecule has 1 unspecified atom stereocenters. The molecule has 0 nitrogen and oxygen atoms in total. The van der Waals surface area contributed by atoms with Crippen LogP contribution in [0.4, 0.5) is 0 Å². The summed E-state index contributed by atoms with van der Waals surface area (Å²) in [6, 6.07) is 0. The molecule has 0 rings (SSSR count). The van der Waals surface area contributed by atoms with E-state index in [-0.39, 0.29) is 0 Å². The second-order valence-electron chi connectivity index (χ2n) is 4.10. The van der Waals surface area contributed by atoms with Crippen molar-refractivity contribution >= 4 is 11.8 Å². The molecule has 0 aliphatic heterocycles. The van der Waals surface area contributed by atoms with E-state index >= 15 is 0 Å². The van der Waals surface area contributed by atoms with Crippen molar-refractivity contribution in [1.29, 1.82) is 0 Å². The molecule has 0 saturated carbocycles. The molecule has 0 heterocycles. The molecule has 0 aliphatic rings. The van der Waals surface area contributed by atoms with Crippen molar-refractivity contribution in [2.45, 2.75) is 53.2 Å². The van der Waals surface area contributed by atoms with Crippen LogP contribution in [0.3, 0.4) is 0 Å². The van der Waals surface area contributed by atoms with Crippen molar-refractivity contribution in [3.8, 4) is 0 Å². The molecule has 0 radical (unpaired) electrons. The second kappa shape index (κ2) is 6.53. The van der Waals surface area contributed by atoms with Gasteiger partial charge >= 0.3 is 0 Å². The molecule has 1 atom stereocenters. The highest BCUT2D eigenvalue weighted by atomic mass is 32.2. The minimum atomic E-state index is 0.743. The predicted molar refractivity (Wildman–Crippen MR) is 65.4 cm³/mol. The minimum absolute atomic E-state index is 0.743. The van der Waals surface area contributed by atoms with Gasteiger partial charge in [-0.05, 0) is 37.2 Å². The molecule has 0 aliphatic carbocycles. The Kier molecular flexibility index (Phi) is 6.58. The van der Waals surface area contributed by atoms with Gasteiger partial charge in [-0.1, -0.05) is 38.8 Å². The summed E-state index contributed by atoms with van der Waals surface area (Å²) < 4.78 is 0. The standard InChI is InChI=1S/C12H24S/c1-7-10(4)12(6)11(5)8-13-9(2)3/h9,11H,7-8H2,1-6H3. The second-order valence-corrected chi connectivity index (χ2v) is 5.71. The summed E-state index contributed by atoms with van der Waals surface area (Å²) in [5.41, 5.74) is 3.16. The minimum Gasteiger partial charge on any atom is -0.159 e. The molecule has 0 bridgehead atoms. The molecular weight excluding hydrogens is 176 g/mol. The highest BCUT2D eigenvalue weighted by Crippen LogP contribution is 2.22. The Hall–Kier alpha value is 0.0900. The third-order valence-corrected chi connectivity index (χ3v) is 3.98. The molecule has 0 N–H and O–H groups in total. The van der Waals surface area contributed by atoms with E-state index in [2.05, 4.69) is 53.3 Å². The number of thioether (sulfide) groups is 1. The van der Waals surface area contributed by atoms with Gasteiger partial charge in [0.25, 0.3) is 0 Å². The van der Waals surface area contributed by atoms with Crippen LogP contribution < -0.4 is 0 Å². The number of allylic oxidation sites excluding steroid dienone is 2. The van der Waals surface area contributed by atoms with E-state index in [1.807, 2.05) is 0 Å². The fourth-order valence-corrected chi connectivity index (χ4v) is 2.08. The van der Waals surface area contributed by atoms with Gasteiger partial charge in [0.1, 0.15) is 0 Å². The first kappa shape index (κ1) is 13.1. The first-order chi connectivity index (χ1) is 5.99. The van der Waals surface area contributed by atoms with E-state index < -0.39 is 0 Å². The first-order valence-corrected chi connectivity index (χ1v) is 6.31. The van der Waals surface area contributed by atoms with Crippen LogP contribution in [0.15, 0.2) is 11.1 Å². The van der Waals surface area contributed by atoms with Crippen LogP contribution in [0.25, 0.3) is 0 Å². The number of hydrogen-bond acceptors (Lipinski definition) is 1. The third-order valence-electron chi connectivity index (χ3n) is 2.62. The van der Waals surface area contributed by atoms with Gasteiger partial charge in [-0.25, -0.2) is 0 Å². The van der Waals surface area contributed by atoms with Gasteiger partial charge in [0, 0.05) is 0 Å². The van der Waals surface area contributed by atoms with E-state index in [1.165, 1.54) is 12.2 Å². The van der Waals surface area contributed by atoms with E-state index in [0.717, 1.165) is 11.2 Å². The fraction of sp³-hybridized carbons (Fsp3) is 0.833. The Morgan fingerprint density at radius 1 is 1.15 bits per heavy atom. The SMILES string of the molecule is CCC(C)=C(C)C(C)CSC(C)C. The van der Waals surface area contributed by atoms with E-state index in [0.29, 0.717) is 0 Å². The molecule has 78 valence electrons. The highest BCUT2D eigenvalue weighted by Gasteiger charge is 2.07. The molecule has 0 aromatic heterocycles. The summed E-state index contributed by atoms with van der Waals surface area (Å²) in [6.07, 6.45) is 1.20. The Labute approximate surface area is 88.2 Å². The maximum Gasteiger partial charge on any atom is -0.000187 e. The average molecular weight is 200 g/mol. The Bertz CT molecular complexity index is 168. The number of rotatable bonds is 5. The number of hydrogen-bond donors (Lipinski definition) is 0. The third kappa shape index (κ3) is 5.41. The summed E-state index contributed by atoms with van der Waals surface area (Å²) in [6.45, 7) is 13.6. The maximum absolute atomic E-state index is 2.34. The average Bonchev–Trinajstić information content (AvgIpc) is 2.11. The molecule has 0 spiro atoms. The lowest BCUT2D eigenvalue weighted by Crippen LogP contribution is -2.04. The summed E-state index contributed by atoms with van der Waals surface area (Å²) in [4.78, 5) is 0. The molecule has 0 fully saturated rings. The predicted octanol–water partition coefficient (Wildman–Crippen LogP) is 4.51. The van der Waals surface area contributed by atoms with Crippen LogP contribution in [0.1, 0.15) is 48.0 Å². The van der Waals surface area contributed by atoms with Crippen molar-refractivity contribution < 1.29 is 0 Å². The van der Waals surface area contributed by atoms with Gasteiger partial charge in [-0.2, -0.15) is 11.8 Å². The molecule has 0 aromatic carbocycles. The lowest BCUT2D eigenvalue weighted by Gasteiger charge is -2.16. The van der Waals surface area contributed by atoms with E-state index in [4.69, 9.17) is 0 Å². The van der Waals surface area contributed by atoms with Crippen molar-refractivity contribution in [3.63, 3.8) is 0 Å². The zero-order valence-electron chi connectivity index (χ0n) is 9.98. The zero-order chi connectivity index (χ0) is 10.4. The van der Waals surface area contributed by atoms with Gasteiger partial charge in [-0.3, -0.25) is 0 Å². The van der Waals surface area contributed by atoms with Crippen LogP contribution >= 0.6 is 11.8 Å². The van der Waals surface area contributed by atoms with Crippen LogP contribution in [-0.2, 0) is 0 Å². The van der Waals surface area contributed by atoms with Crippen LogP contribution in [-0.4, -0.2) is 11.0 Å². The summed E-state index contributed by atoms with van der Waals surface area (Å²) in [5, 5.41) is 0.761. The van der Waals surface area contributed by atoms with Crippen molar-refractivity contribution in [2.75, 3.05) is 5.75 Å². The summed E-state index contributed by atoms with van der Waals surface area (Å²) in [7, 11) is 0. The van der Waals surface area contributed by atoms with Gasteiger partial charge in [0.15, 0.2) is 0 Å². The first-order valence-electron chi connectivity index (χ1n) is 5.26. The smallest absolute Gasteiger partial charge is 0.000187 e. The van der Waals surface area contributed by atoms with Crippen LogP contribution in [0.5, 0.6) is 0 Å². The van der Waals surface area contributed by atoms with E-state index in [9.17, 15) is 0 Å². The molecule has 0 amide bonds. The Morgan fingerprint density at radius 2 is 1.69 bits per heavy atom. The molecule has 0 saturated heterocycles. The topological polar surface area (TPSA) is 0 Å². The fourth-order valence-electron chi connectivity index (χ4n) is 1.16. The Balaban J connectivity index is 4.03. The monoisotopic (exact) mass is 200 g/mol. The lowest BCUT2D eigenvalue weighted by atomic mass is 9.98. The van der Waals surface area contributed by atoms with Gasteiger partial charge in [0.05, 0.1) is 0 Å². The molecule has 1 heteroatoms. The van der Waals surface area contributed by atoms with Crippen molar-refractivity contribution in [3.05, 3.63) is 11.1 Å². The van der Waals surface area contributed by atoms with Crippen molar-refractivity contribution in [2.24, 2.45) is 5.92 Å². The lowest BCUT2D eigenvalue weighted by molar-refractivity contribution is 0.758. The molecule has 0 aromatic rings. The van der Waals surface area contributed by atoms with Gasteiger partial charge in [-0.15, -0.1) is 0 Å². The highest BCUT2D eigenvalue weighted by molar-refractivity contribution is 7.99. The van der Waals surface area contributed by atoms with Crippen molar-refractivity contribution in [1.82, 2.24) is 0 Å². The maximum atomic E-state index is 2.34. The Morgan fingerprint density at radius 3 is 2.08 bits per heavy atom. The summed E-state index contributed by atoms with van der Waals surface area (Å²) >= 11 is 2.06. The largest absolute Gasteiger partial charge is 0.159 e. The molecular formula is C12H24S. The zero-order valence-corrected chi connectivity index (χ0v) is 10.8. The van der Waals surface area contributed by atoms with Gasteiger partial charge in [0.2, 0.25) is 0 Å². The van der Waals surface area contributed by atoms with Crippen LogP contribution in [0.2, 0.25) is 0 Å². The summed E-state index contributed by atoms with van der Waals surface area (Å²) in [5.74, 6) is 2.01. The normalized spacial score (nSPS) is 15.9. The van der Waals surface area contributed by atoms with Crippen LogP contribution in [0, 0.1) is 5.92 Å². The molecule has 13 heavy (non-hydrogen) atoms. The quantitative estimate of drug-likeness (QED) is 0.588. The van der Waals surface area contributed by atoms with Gasteiger partial charge < -0.3 is 0 Å². The van der Waals surface area contributed by atoms with E-state index in [1.54, 1.807) is 11.1 Å².